The third kappa shape index (κ3) is 5.66. The van der Waals surface area contributed by atoms with Gasteiger partial charge in [-0.3, -0.25) is 0 Å². The minimum absolute atomic E-state index is 0.144. The van der Waals surface area contributed by atoms with Crippen molar-refractivity contribution < 1.29 is 13.6 Å². The van der Waals surface area contributed by atoms with Crippen LogP contribution in [0.4, 0.5) is 0 Å². The van der Waals surface area contributed by atoms with E-state index in [0.717, 1.165) is 11.4 Å². The molecule has 0 heterocycles. The van der Waals surface area contributed by atoms with Gasteiger partial charge in [0.2, 0.25) is 0 Å². The summed E-state index contributed by atoms with van der Waals surface area (Å²) in [5, 5.41) is 8.56. The third-order valence-corrected chi connectivity index (χ3v) is 5.42. The Labute approximate surface area is 89.2 Å². The molecule has 1 unspecified atom stereocenters. The van der Waals surface area contributed by atoms with E-state index in [-0.39, 0.29) is 5.92 Å². The zero-order valence-electron chi connectivity index (χ0n) is 8.73. The summed E-state index contributed by atoms with van der Waals surface area (Å²) in [6.07, 6.45) is 0. The molecule has 0 spiro atoms. The monoisotopic (exact) mass is 237 g/mol. The van der Waals surface area contributed by atoms with Crippen molar-refractivity contribution in [2.75, 3.05) is 19.0 Å². The fraction of sp³-hybridized carbons (Fsp3) is 0.875. The molecule has 0 rings (SSSR count). The molecule has 0 aromatic rings. The van der Waals surface area contributed by atoms with Crippen molar-refractivity contribution in [3.63, 3.8) is 0 Å². The second-order valence-corrected chi connectivity index (χ2v) is 6.73. The van der Waals surface area contributed by atoms with E-state index in [1.165, 1.54) is 0 Å². The first kappa shape index (κ1) is 14.0. The highest BCUT2D eigenvalue weighted by Gasteiger charge is 2.25. The van der Waals surface area contributed by atoms with Gasteiger partial charge in [0, 0.05) is 5.75 Å². The summed E-state index contributed by atoms with van der Waals surface area (Å²) in [5.74, 6) is 0.322. The SMILES string of the molecule is CCOP(=O)(OCC)SCC(C)C#N. The van der Waals surface area contributed by atoms with Crippen molar-refractivity contribution in [1.29, 1.82) is 5.26 Å². The predicted octanol–water partition coefficient (Wildman–Crippen LogP) is 3.06. The van der Waals surface area contributed by atoms with Gasteiger partial charge >= 0.3 is 6.80 Å². The molecule has 0 saturated heterocycles. The van der Waals surface area contributed by atoms with Gasteiger partial charge in [-0.05, 0) is 32.2 Å². The first-order valence-electron chi connectivity index (χ1n) is 4.51. The summed E-state index contributed by atoms with van der Waals surface area (Å²) in [4.78, 5) is 0. The average Bonchev–Trinajstić information content (AvgIpc) is 2.15. The molecular weight excluding hydrogens is 221 g/mol. The van der Waals surface area contributed by atoms with E-state index < -0.39 is 6.80 Å². The van der Waals surface area contributed by atoms with Gasteiger partial charge < -0.3 is 9.05 Å². The summed E-state index contributed by atoms with van der Waals surface area (Å²) in [6, 6.07) is 2.07. The Hall–Kier alpha value is -0.01000. The minimum atomic E-state index is -3.02. The molecule has 0 aromatic carbocycles. The molecule has 14 heavy (non-hydrogen) atoms. The van der Waals surface area contributed by atoms with Gasteiger partial charge in [0.15, 0.2) is 0 Å². The van der Waals surface area contributed by atoms with Gasteiger partial charge in [-0.1, -0.05) is 0 Å². The molecule has 1 atom stereocenters. The smallest absolute Gasteiger partial charge is 0.301 e. The van der Waals surface area contributed by atoms with E-state index in [4.69, 9.17) is 14.3 Å². The lowest BCUT2D eigenvalue weighted by Gasteiger charge is -2.15. The Morgan fingerprint density at radius 2 is 1.93 bits per heavy atom. The minimum Gasteiger partial charge on any atom is -0.301 e. The van der Waals surface area contributed by atoms with Crippen LogP contribution in [0, 0.1) is 17.2 Å². The van der Waals surface area contributed by atoms with Crippen LogP contribution in [0.3, 0.4) is 0 Å². The van der Waals surface area contributed by atoms with E-state index in [1.54, 1.807) is 20.8 Å². The van der Waals surface area contributed by atoms with Crippen molar-refractivity contribution in [2.45, 2.75) is 20.8 Å². The van der Waals surface area contributed by atoms with E-state index >= 15 is 0 Å². The Bertz CT molecular complexity index is 231. The van der Waals surface area contributed by atoms with Crippen LogP contribution in [-0.4, -0.2) is 19.0 Å². The van der Waals surface area contributed by atoms with Crippen LogP contribution in [0.5, 0.6) is 0 Å². The molecule has 0 amide bonds. The molecular formula is C8H16NO3PS. The zero-order valence-corrected chi connectivity index (χ0v) is 10.4. The largest absolute Gasteiger partial charge is 0.389 e. The second-order valence-electron chi connectivity index (χ2n) is 2.61. The molecule has 0 aliphatic rings. The van der Waals surface area contributed by atoms with Crippen molar-refractivity contribution in [3.05, 3.63) is 0 Å². The van der Waals surface area contributed by atoms with Crippen LogP contribution in [0.25, 0.3) is 0 Å². The topological polar surface area (TPSA) is 59.3 Å². The van der Waals surface area contributed by atoms with Crippen LogP contribution < -0.4 is 0 Å². The van der Waals surface area contributed by atoms with Crippen LogP contribution in [-0.2, 0) is 13.6 Å². The molecule has 0 aliphatic carbocycles. The zero-order chi connectivity index (χ0) is 11.0. The van der Waals surface area contributed by atoms with Crippen LogP contribution in [0.15, 0.2) is 0 Å². The lowest BCUT2D eigenvalue weighted by atomic mass is 10.3. The maximum Gasteiger partial charge on any atom is 0.389 e. The Balaban J connectivity index is 4.10. The maximum absolute atomic E-state index is 11.8. The summed E-state index contributed by atoms with van der Waals surface area (Å²) in [5.41, 5.74) is 0. The average molecular weight is 237 g/mol. The van der Waals surface area contributed by atoms with Crippen molar-refractivity contribution in [3.8, 4) is 6.07 Å². The van der Waals surface area contributed by atoms with Gasteiger partial charge in [0.05, 0.1) is 25.2 Å². The van der Waals surface area contributed by atoms with E-state index in [2.05, 4.69) is 6.07 Å². The highest BCUT2D eigenvalue weighted by atomic mass is 32.7. The quantitative estimate of drug-likeness (QED) is 0.637. The fourth-order valence-corrected chi connectivity index (χ4v) is 4.30. The number of nitriles is 1. The molecule has 6 heteroatoms. The molecule has 0 bridgehead atoms. The van der Waals surface area contributed by atoms with Crippen molar-refractivity contribution in [1.82, 2.24) is 0 Å². The molecule has 4 nitrogen and oxygen atoms in total. The van der Waals surface area contributed by atoms with E-state index in [9.17, 15) is 4.57 Å². The Morgan fingerprint density at radius 1 is 1.43 bits per heavy atom. The van der Waals surface area contributed by atoms with E-state index in [1.807, 2.05) is 0 Å². The van der Waals surface area contributed by atoms with Gasteiger partial charge in [0.1, 0.15) is 0 Å². The van der Waals surface area contributed by atoms with E-state index in [0.29, 0.717) is 19.0 Å². The predicted molar refractivity (Wildman–Crippen MR) is 58.1 cm³/mol. The highest BCUT2D eigenvalue weighted by Crippen LogP contribution is 2.60. The summed E-state index contributed by atoms with van der Waals surface area (Å²) < 4.78 is 21.9. The normalized spacial score (nSPS) is 13.6. The number of hydrogen-bond donors (Lipinski definition) is 0. The van der Waals surface area contributed by atoms with Gasteiger partial charge in [-0.25, -0.2) is 4.57 Å². The Kier molecular flexibility index (Phi) is 7.30. The summed E-state index contributed by atoms with van der Waals surface area (Å²) in [6.45, 7) is 2.98. The lowest BCUT2D eigenvalue weighted by Crippen LogP contribution is -1.97. The molecule has 0 saturated carbocycles. The molecule has 0 aromatic heterocycles. The Morgan fingerprint density at radius 3 is 2.29 bits per heavy atom. The second kappa shape index (κ2) is 7.30. The standard InChI is InChI=1S/C8H16NO3PS/c1-4-11-13(10,12-5-2)14-7-8(3)6-9/h8H,4-5,7H2,1-3H3. The molecule has 0 radical (unpaired) electrons. The molecule has 0 fully saturated rings. The highest BCUT2D eigenvalue weighted by molar-refractivity contribution is 8.55. The van der Waals surface area contributed by atoms with Crippen LogP contribution >= 0.6 is 18.2 Å². The van der Waals surface area contributed by atoms with Gasteiger partial charge in [0.25, 0.3) is 0 Å². The fourth-order valence-electron chi connectivity index (χ4n) is 0.668. The number of rotatable bonds is 7. The molecule has 0 aliphatic heterocycles. The van der Waals surface area contributed by atoms with Crippen LogP contribution in [0.2, 0.25) is 0 Å². The third-order valence-electron chi connectivity index (χ3n) is 1.28. The van der Waals surface area contributed by atoms with Crippen molar-refractivity contribution in [2.24, 2.45) is 5.92 Å². The number of nitrogens with zero attached hydrogens (tertiary/aromatic N) is 1. The summed E-state index contributed by atoms with van der Waals surface area (Å²) >= 11 is 1.09. The molecule has 0 N–H and O–H groups in total. The van der Waals surface area contributed by atoms with Gasteiger partial charge in [-0.15, -0.1) is 0 Å². The maximum atomic E-state index is 11.8. The van der Waals surface area contributed by atoms with Crippen LogP contribution in [0.1, 0.15) is 20.8 Å². The van der Waals surface area contributed by atoms with Gasteiger partial charge in [-0.2, -0.15) is 5.26 Å². The lowest BCUT2D eigenvalue weighted by molar-refractivity contribution is 0.237. The summed E-state index contributed by atoms with van der Waals surface area (Å²) in [7, 11) is 0. The van der Waals surface area contributed by atoms with Crippen molar-refractivity contribution >= 4 is 18.2 Å². The number of hydrogen-bond acceptors (Lipinski definition) is 5. The first-order chi connectivity index (χ1) is 6.58. The molecule has 82 valence electrons. The first-order valence-corrected chi connectivity index (χ1v) is 7.64.